The fraction of sp³-hybridized carbons (Fsp3) is 0.231. The molecule has 0 bridgehead atoms. The number of carboxylic acids is 1. The number of pyridine rings is 1. The monoisotopic (exact) mass is 414 g/mol. The number of carboxylic acid groups (broad SMARTS) is 1. The second kappa shape index (κ2) is 8.36. The van der Waals surface area contributed by atoms with E-state index in [9.17, 15) is 15.0 Å². The quantitative estimate of drug-likeness (QED) is 0.446. The molecule has 0 radical (unpaired) electrons. The van der Waals surface area contributed by atoms with Crippen molar-refractivity contribution in [3.8, 4) is 11.1 Å². The highest BCUT2D eigenvalue weighted by Crippen LogP contribution is 2.32. The maximum absolute atomic E-state index is 12.0. The van der Waals surface area contributed by atoms with Gasteiger partial charge in [-0.1, -0.05) is 61.9 Å². The second-order valence-electron chi connectivity index (χ2n) is 7.95. The molecule has 2 N–H and O–H groups in total. The van der Waals surface area contributed by atoms with Crippen LogP contribution in [0.2, 0.25) is 0 Å². The lowest BCUT2D eigenvalue weighted by Gasteiger charge is -2.19. The molecule has 4 aromatic rings. The van der Waals surface area contributed by atoms with Gasteiger partial charge in [0.2, 0.25) is 0 Å². The lowest BCUT2D eigenvalue weighted by molar-refractivity contribution is 0.0697. The van der Waals surface area contributed by atoms with Crippen LogP contribution in [-0.2, 0) is 6.42 Å². The van der Waals surface area contributed by atoms with Crippen molar-refractivity contribution in [1.29, 1.82) is 0 Å². The largest absolute Gasteiger partial charge is 0.478 e. The van der Waals surface area contributed by atoms with Crippen molar-refractivity contribution >= 4 is 11.6 Å². The van der Waals surface area contributed by atoms with Crippen LogP contribution in [0.3, 0.4) is 0 Å². The van der Waals surface area contributed by atoms with E-state index >= 15 is 0 Å². The lowest BCUT2D eigenvalue weighted by atomic mass is 9.94. The summed E-state index contributed by atoms with van der Waals surface area (Å²) in [6, 6.07) is 16.6. The number of nitrogens with zero attached hydrogens (tertiary/aromatic N) is 2. The number of imidazole rings is 1. The highest BCUT2D eigenvalue weighted by atomic mass is 16.4. The molecule has 0 fully saturated rings. The summed E-state index contributed by atoms with van der Waals surface area (Å²) >= 11 is 0. The van der Waals surface area contributed by atoms with Gasteiger partial charge in [-0.05, 0) is 54.2 Å². The smallest absolute Gasteiger partial charge is 0.336 e. The van der Waals surface area contributed by atoms with Crippen LogP contribution in [0.5, 0.6) is 0 Å². The fourth-order valence-corrected chi connectivity index (χ4v) is 4.20. The van der Waals surface area contributed by atoms with Gasteiger partial charge >= 0.3 is 5.97 Å². The van der Waals surface area contributed by atoms with E-state index in [4.69, 9.17) is 4.98 Å². The van der Waals surface area contributed by atoms with Gasteiger partial charge in [-0.25, -0.2) is 9.78 Å². The van der Waals surface area contributed by atoms with E-state index in [0.717, 1.165) is 40.9 Å². The predicted molar refractivity (Wildman–Crippen MR) is 122 cm³/mol. The number of rotatable bonds is 6. The molecule has 158 valence electrons. The molecule has 0 saturated heterocycles. The molecule has 2 aromatic carbocycles. The van der Waals surface area contributed by atoms with Crippen molar-refractivity contribution in [3.05, 3.63) is 94.4 Å². The van der Waals surface area contributed by atoms with E-state index in [0.29, 0.717) is 16.8 Å². The van der Waals surface area contributed by atoms with E-state index in [1.54, 1.807) is 18.2 Å². The first-order chi connectivity index (χ1) is 14.9. The molecule has 0 spiro atoms. The number of aliphatic hydroxyl groups excluding tert-OH is 1. The standard InChI is InChI=1S/C26H26N2O3/c1-4-8-20-15-28-23(16(2)13-17(3)25(28)27-20)24(29)19-11-12-21(22(14-19)26(30)31)18-9-6-5-7-10-18/h5-7,9-15,24,29H,4,8H2,1-3H3,(H,30,31). The first-order valence-corrected chi connectivity index (χ1v) is 10.5. The van der Waals surface area contributed by atoms with Crippen LogP contribution in [0.4, 0.5) is 0 Å². The molecule has 0 amide bonds. The number of aromatic carboxylic acids is 1. The number of benzene rings is 2. The summed E-state index contributed by atoms with van der Waals surface area (Å²) < 4.78 is 1.95. The van der Waals surface area contributed by atoms with Gasteiger partial charge in [0.1, 0.15) is 11.8 Å². The average molecular weight is 415 g/mol. The highest BCUT2D eigenvalue weighted by molar-refractivity contribution is 5.96. The van der Waals surface area contributed by atoms with Gasteiger partial charge in [-0.15, -0.1) is 0 Å². The third-order valence-electron chi connectivity index (χ3n) is 5.64. The van der Waals surface area contributed by atoms with E-state index in [2.05, 4.69) is 6.92 Å². The lowest BCUT2D eigenvalue weighted by Crippen LogP contribution is -2.11. The average Bonchev–Trinajstić information content (AvgIpc) is 3.18. The molecule has 31 heavy (non-hydrogen) atoms. The Kier molecular flexibility index (Phi) is 5.61. The van der Waals surface area contributed by atoms with Gasteiger partial charge < -0.3 is 14.6 Å². The minimum atomic E-state index is -1.02. The Labute approximate surface area is 181 Å². The van der Waals surface area contributed by atoms with Crippen molar-refractivity contribution in [2.24, 2.45) is 0 Å². The number of aryl methyl sites for hydroxylation is 3. The van der Waals surface area contributed by atoms with Crippen LogP contribution in [-0.4, -0.2) is 25.6 Å². The summed E-state index contributed by atoms with van der Waals surface area (Å²) in [5.74, 6) is -1.02. The molecule has 1 unspecified atom stereocenters. The topological polar surface area (TPSA) is 74.8 Å². The molecule has 0 aliphatic rings. The number of aromatic nitrogens is 2. The van der Waals surface area contributed by atoms with E-state index in [1.807, 2.05) is 60.8 Å². The minimum absolute atomic E-state index is 0.168. The Bertz CT molecular complexity index is 1260. The zero-order chi connectivity index (χ0) is 22.1. The molecule has 5 nitrogen and oxygen atoms in total. The third-order valence-corrected chi connectivity index (χ3v) is 5.64. The number of aliphatic hydroxyl groups is 1. The van der Waals surface area contributed by atoms with Crippen LogP contribution >= 0.6 is 0 Å². The summed E-state index contributed by atoms with van der Waals surface area (Å²) in [5, 5.41) is 21.2. The molecule has 0 aliphatic heterocycles. The molecule has 5 heteroatoms. The molecule has 1 atom stereocenters. The van der Waals surface area contributed by atoms with Crippen molar-refractivity contribution in [2.45, 2.75) is 39.7 Å². The van der Waals surface area contributed by atoms with Crippen molar-refractivity contribution in [3.63, 3.8) is 0 Å². The summed E-state index contributed by atoms with van der Waals surface area (Å²) in [5.41, 5.74) is 6.65. The number of carbonyl (C=O) groups is 1. The number of hydrogen-bond donors (Lipinski definition) is 2. The van der Waals surface area contributed by atoms with Crippen LogP contribution in [0.1, 0.15) is 57.9 Å². The molecule has 0 aliphatic carbocycles. The second-order valence-corrected chi connectivity index (χ2v) is 7.95. The fourth-order valence-electron chi connectivity index (χ4n) is 4.20. The maximum Gasteiger partial charge on any atom is 0.336 e. The minimum Gasteiger partial charge on any atom is -0.478 e. The van der Waals surface area contributed by atoms with Crippen LogP contribution in [0, 0.1) is 13.8 Å². The Morgan fingerprint density at radius 2 is 1.81 bits per heavy atom. The van der Waals surface area contributed by atoms with Crippen molar-refractivity contribution in [1.82, 2.24) is 9.38 Å². The number of hydrogen-bond acceptors (Lipinski definition) is 3. The van der Waals surface area contributed by atoms with Crippen molar-refractivity contribution in [2.75, 3.05) is 0 Å². The molecule has 4 rings (SSSR count). The van der Waals surface area contributed by atoms with Gasteiger partial charge in [0.15, 0.2) is 0 Å². The van der Waals surface area contributed by atoms with Gasteiger partial charge in [-0.3, -0.25) is 0 Å². The van der Waals surface area contributed by atoms with Crippen LogP contribution in [0.25, 0.3) is 16.8 Å². The van der Waals surface area contributed by atoms with Crippen molar-refractivity contribution < 1.29 is 15.0 Å². The van der Waals surface area contributed by atoms with E-state index in [-0.39, 0.29) is 5.56 Å². The summed E-state index contributed by atoms with van der Waals surface area (Å²) in [7, 11) is 0. The summed E-state index contributed by atoms with van der Waals surface area (Å²) in [4.78, 5) is 16.7. The van der Waals surface area contributed by atoms with Gasteiger partial charge in [-0.2, -0.15) is 0 Å². The zero-order valence-electron chi connectivity index (χ0n) is 18.0. The molecule has 2 aromatic heterocycles. The molecular weight excluding hydrogens is 388 g/mol. The SMILES string of the molecule is CCCc1cn2c(C(O)c3ccc(-c4ccccc4)c(C(=O)O)c3)c(C)cc(C)c2n1. The Hall–Kier alpha value is -3.44. The molecular formula is C26H26N2O3. The number of fused-ring (bicyclic) bond motifs is 1. The van der Waals surface area contributed by atoms with Gasteiger partial charge in [0.25, 0.3) is 0 Å². The van der Waals surface area contributed by atoms with Crippen LogP contribution < -0.4 is 0 Å². The Morgan fingerprint density at radius 1 is 1.06 bits per heavy atom. The van der Waals surface area contributed by atoms with E-state index in [1.165, 1.54) is 0 Å². The van der Waals surface area contributed by atoms with Gasteiger partial charge in [0.05, 0.1) is 17.0 Å². The van der Waals surface area contributed by atoms with E-state index < -0.39 is 12.1 Å². The zero-order valence-corrected chi connectivity index (χ0v) is 18.0. The maximum atomic E-state index is 12.0. The van der Waals surface area contributed by atoms with Crippen LogP contribution in [0.15, 0.2) is 60.8 Å². The first-order valence-electron chi connectivity index (χ1n) is 10.5. The molecule has 0 saturated carbocycles. The summed E-state index contributed by atoms with van der Waals surface area (Å²) in [6.07, 6.45) is 2.86. The predicted octanol–water partition coefficient (Wildman–Crippen LogP) is 5.35. The Morgan fingerprint density at radius 3 is 2.48 bits per heavy atom. The summed E-state index contributed by atoms with van der Waals surface area (Å²) in [6.45, 7) is 6.08. The normalized spacial score (nSPS) is 12.3. The Balaban J connectivity index is 1.85. The first kappa shape index (κ1) is 20.8. The van der Waals surface area contributed by atoms with Gasteiger partial charge in [0, 0.05) is 6.20 Å². The third kappa shape index (κ3) is 3.84. The molecule has 2 heterocycles. The highest BCUT2D eigenvalue weighted by Gasteiger charge is 2.22.